The Morgan fingerprint density at radius 1 is 0.504 bits per heavy atom. The number of furan rings is 1. The third-order valence-corrected chi connectivity index (χ3v) is 22.9. The van der Waals surface area contributed by atoms with Crippen LogP contribution in [0.3, 0.4) is 0 Å². The molecule has 0 aliphatic carbocycles. The molecule has 20 heteroatoms. The molecule has 0 N–H and O–H groups in total. The zero-order valence-corrected chi connectivity index (χ0v) is 67.9. The first-order chi connectivity index (χ1) is 56.3. The number of pyridine rings is 4. The molecule has 13 heterocycles. The Morgan fingerprint density at radius 3 is 1.98 bits per heavy atom. The quantitative estimate of drug-likeness (QED) is 0.0702. The second-order valence-electron chi connectivity index (χ2n) is 27.7. The van der Waals surface area contributed by atoms with E-state index in [2.05, 4.69) is 297 Å². The van der Waals surface area contributed by atoms with E-state index in [1.807, 2.05) is 132 Å². The van der Waals surface area contributed by atoms with Gasteiger partial charge in [-0.2, -0.15) is 16.6 Å². The number of hydrogen-bond acceptors (Lipinski definition) is 11. The maximum Gasteiger partial charge on any atom is 3.00 e. The molecule has 0 amide bonds. The molecule has 117 heavy (non-hydrogen) atoms. The minimum absolute atomic E-state index is 0. The van der Waals surface area contributed by atoms with Crippen LogP contribution in [-0.4, -0.2) is 50.3 Å². The Labute approximate surface area is 712 Å². The van der Waals surface area contributed by atoms with Crippen LogP contribution < -0.4 is 24.3 Å². The van der Waals surface area contributed by atoms with E-state index < -0.39 is 0 Å². The standard InChI is InChI=1S/C34H21N3S.C33H24N6O.C30H17N5S.3Mn/c1-2-12-26(13-3-1)37(27-14-8-11-25(22-27)30-16-6-7-21-35-30)34-23-29-28(15-9-18-33(29)38-34)32-20-19-24-10-4-5-17-31(24)36-32;1-36-18-24(32-33(36)37(2)20-35-32)21-9-8-10-22(15-21)39-28-13-5-4-12-27(28)38(3)29-17-31-23(16-30(29)39)25(19-40-31)26-11-6-7-14-34-26;1-2-12-26-20(8-1)18-32-35(26)22-10-7-9-21(16-22)33-27-13-3-4-14-28(27)34-29(33)17-23-24(19-36-30(23)34)25-11-5-6-15-31-25;;;/h1-21H;4-14,17-20H,1-3H3;1-15,18-19H;;;/q3*-2;2*+2;+3. The normalized spacial score (nSPS) is 11.6. The number of hydrogen-bond donors (Lipinski definition) is 0. The fourth-order valence-corrected chi connectivity index (χ4v) is 17.7. The minimum atomic E-state index is 0. The second-order valence-corrected chi connectivity index (χ2v) is 29.6. The molecule has 2 radical (unpaired) electrons. The van der Waals surface area contributed by atoms with Crippen molar-refractivity contribution in [3.8, 4) is 67.5 Å². The fraction of sp³-hybridized carbons (Fsp3) is 0.0309. The van der Waals surface area contributed by atoms with Gasteiger partial charge < -0.3 is 42.2 Å². The Hall–Kier alpha value is -13.2. The number of anilines is 8. The summed E-state index contributed by atoms with van der Waals surface area (Å²) < 4.78 is 17.8. The summed E-state index contributed by atoms with van der Waals surface area (Å²) in [6, 6.07) is 115. The van der Waals surface area contributed by atoms with Crippen molar-refractivity contribution in [2.75, 3.05) is 21.7 Å². The van der Waals surface area contributed by atoms with Gasteiger partial charge in [0, 0.05) is 95.8 Å². The van der Waals surface area contributed by atoms with Gasteiger partial charge in [-0.25, -0.2) is 27.7 Å². The summed E-state index contributed by atoms with van der Waals surface area (Å²) in [5.41, 5.74) is 26.6. The Morgan fingerprint density at radius 2 is 1.18 bits per heavy atom. The van der Waals surface area contributed by atoms with E-state index in [4.69, 9.17) is 9.40 Å². The summed E-state index contributed by atoms with van der Waals surface area (Å²) in [6.45, 7) is 0. The molecule has 1 aliphatic heterocycles. The molecule has 1 aliphatic rings. The van der Waals surface area contributed by atoms with Crippen molar-refractivity contribution in [1.82, 2.24) is 48.2 Å². The number of imidazole rings is 2. The zero-order valence-electron chi connectivity index (χ0n) is 62.7. The number of thiophene rings is 2. The van der Waals surface area contributed by atoms with Gasteiger partial charge >= 0.3 is 51.2 Å². The van der Waals surface area contributed by atoms with Gasteiger partial charge in [0.25, 0.3) is 0 Å². The molecule has 0 atom stereocenters. The van der Waals surface area contributed by atoms with E-state index in [-0.39, 0.29) is 51.2 Å². The summed E-state index contributed by atoms with van der Waals surface area (Å²) in [5, 5.41) is 13.1. The van der Waals surface area contributed by atoms with Gasteiger partial charge in [0.05, 0.1) is 51.5 Å². The van der Waals surface area contributed by atoms with E-state index in [1.54, 1.807) is 35.1 Å². The molecular formula is C97H62Mn3N14OS2+. The average Bonchev–Trinajstić information content (AvgIpc) is 1.58. The molecule has 0 fully saturated rings. The number of para-hydroxylation sites is 7. The summed E-state index contributed by atoms with van der Waals surface area (Å²) >= 11 is 3.44. The smallest absolute Gasteiger partial charge is 0.518 e. The number of rotatable bonds is 11. The average molecular weight is 1670 g/mol. The van der Waals surface area contributed by atoms with Gasteiger partial charge in [0.1, 0.15) is 5.65 Å². The molecule has 0 saturated carbocycles. The van der Waals surface area contributed by atoms with Crippen LogP contribution in [-0.2, 0) is 65.3 Å². The van der Waals surface area contributed by atoms with Crippen LogP contribution >= 0.6 is 22.7 Å². The molecular weight excluding hydrogens is 1610 g/mol. The van der Waals surface area contributed by atoms with Crippen molar-refractivity contribution >= 4 is 148 Å². The van der Waals surface area contributed by atoms with E-state index >= 15 is 0 Å². The summed E-state index contributed by atoms with van der Waals surface area (Å²) in [6.07, 6.45) is 13.1. The summed E-state index contributed by atoms with van der Waals surface area (Å²) in [7, 11) is 6.15. The van der Waals surface area contributed by atoms with Crippen molar-refractivity contribution in [2.24, 2.45) is 14.1 Å². The second kappa shape index (κ2) is 31.5. The van der Waals surface area contributed by atoms with E-state index in [9.17, 15) is 0 Å². The van der Waals surface area contributed by atoms with Crippen LogP contribution in [0, 0.1) is 36.4 Å². The summed E-state index contributed by atoms with van der Waals surface area (Å²) in [5.74, 6) is 0. The number of benzene rings is 10. The molecule has 0 unspecified atom stereocenters. The molecule has 15 nitrogen and oxygen atoms in total. The van der Waals surface area contributed by atoms with Crippen LogP contribution in [0.25, 0.3) is 148 Å². The largest absolute Gasteiger partial charge is 3.00 e. The van der Waals surface area contributed by atoms with E-state index in [1.165, 1.54) is 0 Å². The van der Waals surface area contributed by atoms with Gasteiger partial charge in [0.15, 0.2) is 0 Å². The molecule has 0 saturated heterocycles. The SMILES string of the molecule is CN1c2cc3occ(-c4ccccn4)c3[c-]c2N(c2[c-]c(-c3cn(C)c4c3[n-]c[n+]4C)ccc2)c2ccccc21.[Mn+2].[Mn+2].[Mn+3].[c-]1c(-c2ccccn2)cccc1N(c1ccccc1)c1[c-]c2c(-c3ccc4ccccc4n3)cccc2s1.[c-]1c(-n2ncc3ccccc32)cccc1-n1c2ccccc2n2c3scc(-c4ccccn4)c3[c-]c12. The number of fused-ring (bicyclic) bond motifs is 12. The Balaban J connectivity index is 0.000000120. The molecule has 22 aromatic rings. The molecule has 558 valence electrons. The van der Waals surface area contributed by atoms with Gasteiger partial charge in [0.2, 0.25) is 0 Å². The predicted octanol–water partition coefficient (Wildman–Crippen LogP) is 22.9. The van der Waals surface area contributed by atoms with Crippen LogP contribution in [0.15, 0.2) is 326 Å². The molecule has 12 aromatic heterocycles. The Kier molecular flexibility index (Phi) is 20.2. The molecule has 23 rings (SSSR count). The van der Waals surface area contributed by atoms with Crippen LogP contribution in [0.1, 0.15) is 0 Å². The first-order valence-corrected chi connectivity index (χ1v) is 38.9. The zero-order chi connectivity index (χ0) is 75.9. The maximum absolute atomic E-state index is 6.03. The fourth-order valence-electron chi connectivity index (χ4n) is 15.6. The van der Waals surface area contributed by atoms with E-state index in [0.717, 1.165) is 193 Å². The third kappa shape index (κ3) is 13.3. The molecule has 10 aromatic carbocycles. The first kappa shape index (κ1) is 75.2. The van der Waals surface area contributed by atoms with Gasteiger partial charge in [-0.05, 0) is 136 Å². The molecule has 0 bridgehead atoms. The first-order valence-electron chi connectivity index (χ1n) is 37.2. The van der Waals surface area contributed by atoms with Crippen molar-refractivity contribution in [2.45, 2.75) is 0 Å². The van der Waals surface area contributed by atoms with Crippen LogP contribution in [0.4, 0.5) is 44.8 Å². The van der Waals surface area contributed by atoms with E-state index in [0.29, 0.717) is 0 Å². The third-order valence-electron chi connectivity index (χ3n) is 20.9. The number of nitrogens with zero attached hydrogens (tertiary/aromatic N) is 14. The van der Waals surface area contributed by atoms with Crippen LogP contribution in [0.5, 0.6) is 0 Å². The predicted molar refractivity (Wildman–Crippen MR) is 460 cm³/mol. The molecule has 0 spiro atoms. The van der Waals surface area contributed by atoms with Gasteiger partial charge in [-0.15, -0.1) is 119 Å². The van der Waals surface area contributed by atoms with Crippen LogP contribution in [0.2, 0.25) is 0 Å². The Bertz CT molecular complexity index is 7410. The number of aryl methyl sites for hydroxylation is 2. The van der Waals surface area contributed by atoms with Gasteiger partial charge in [-0.3, -0.25) is 19.6 Å². The topological polar surface area (TPSA) is 124 Å². The van der Waals surface area contributed by atoms with Crippen molar-refractivity contribution in [1.29, 1.82) is 0 Å². The van der Waals surface area contributed by atoms with Crippen molar-refractivity contribution in [3.63, 3.8) is 0 Å². The minimum Gasteiger partial charge on any atom is -0.518 e. The number of aromatic nitrogens is 11. The van der Waals surface area contributed by atoms with Gasteiger partial charge in [-0.1, -0.05) is 154 Å². The summed E-state index contributed by atoms with van der Waals surface area (Å²) in [4.78, 5) is 31.2. The van der Waals surface area contributed by atoms with Crippen molar-refractivity contribution in [3.05, 3.63) is 358 Å². The maximum atomic E-state index is 6.03. The monoisotopic (exact) mass is 1670 g/mol. The van der Waals surface area contributed by atoms with Crippen molar-refractivity contribution < 1.29 is 60.2 Å².